The van der Waals surface area contributed by atoms with E-state index in [1.807, 2.05) is 0 Å². The summed E-state index contributed by atoms with van der Waals surface area (Å²) >= 11 is 5.98. The summed E-state index contributed by atoms with van der Waals surface area (Å²) < 4.78 is 18.4. The highest BCUT2D eigenvalue weighted by molar-refractivity contribution is 6.32. The number of rotatable bonds is 3. The minimum absolute atomic E-state index is 0.270. The van der Waals surface area contributed by atoms with Gasteiger partial charge in [-0.3, -0.25) is 0 Å². The molecule has 4 heteroatoms. The van der Waals surface area contributed by atoms with Crippen LogP contribution in [0.4, 0.5) is 4.39 Å². The van der Waals surface area contributed by atoms with Gasteiger partial charge in [0.05, 0.1) is 6.26 Å². The van der Waals surface area contributed by atoms with E-state index in [9.17, 15) is 4.39 Å². The first-order valence-corrected chi connectivity index (χ1v) is 5.16. The molecule has 0 atom stereocenters. The fraction of sp³-hybridized carbons (Fsp3) is 0.273. The van der Waals surface area contributed by atoms with E-state index in [2.05, 4.69) is 0 Å². The Hall–Kier alpha value is -1.06. The zero-order valence-corrected chi connectivity index (χ0v) is 8.85. The van der Waals surface area contributed by atoms with Crippen molar-refractivity contribution >= 4 is 22.6 Å². The lowest BCUT2D eigenvalue weighted by molar-refractivity contribution is 0.560. The summed E-state index contributed by atoms with van der Waals surface area (Å²) in [4.78, 5) is 0. The number of hydrogen-bond acceptors (Lipinski definition) is 2. The van der Waals surface area contributed by atoms with Crippen molar-refractivity contribution in [3.8, 4) is 0 Å². The van der Waals surface area contributed by atoms with E-state index in [-0.39, 0.29) is 5.58 Å². The van der Waals surface area contributed by atoms with E-state index in [1.54, 1.807) is 6.07 Å². The van der Waals surface area contributed by atoms with Crippen LogP contribution >= 0.6 is 11.6 Å². The maximum atomic E-state index is 13.4. The highest BCUT2D eigenvalue weighted by Gasteiger charge is 2.12. The van der Waals surface area contributed by atoms with Gasteiger partial charge in [-0.25, -0.2) is 4.39 Å². The number of nitrogens with two attached hydrogens (primary N) is 1. The van der Waals surface area contributed by atoms with Crippen molar-refractivity contribution in [2.75, 3.05) is 6.54 Å². The molecule has 0 aliphatic carbocycles. The Kier molecular flexibility index (Phi) is 2.93. The van der Waals surface area contributed by atoms with Crippen LogP contribution in [0.15, 0.2) is 22.8 Å². The summed E-state index contributed by atoms with van der Waals surface area (Å²) in [5.41, 5.74) is 6.61. The average Bonchev–Trinajstić information content (AvgIpc) is 2.66. The van der Waals surface area contributed by atoms with Crippen LogP contribution in [0.1, 0.15) is 12.0 Å². The van der Waals surface area contributed by atoms with Crippen LogP contribution in [-0.2, 0) is 6.42 Å². The molecule has 1 aromatic carbocycles. The fourth-order valence-corrected chi connectivity index (χ4v) is 1.95. The van der Waals surface area contributed by atoms with Crippen molar-refractivity contribution in [3.63, 3.8) is 0 Å². The van der Waals surface area contributed by atoms with Gasteiger partial charge in [0.15, 0.2) is 11.4 Å². The van der Waals surface area contributed by atoms with Gasteiger partial charge in [-0.15, -0.1) is 0 Å². The smallest absolute Gasteiger partial charge is 0.169 e. The van der Waals surface area contributed by atoms with Crippen LogP contribution in [0.25, 0.3) is 11.0 Å². The maximum absolute atomic E-state index is 13.4. The molecule has 80 valence electrons. The van der Waals surface area contributed by atoms with E-state index in [0.717, 1.165) is 23.8 Å². The first kappa shape index (κ1) is 10.5. The summed E-state index contributed by atoms with van der Waals surface area (Å²) in [5.74, 6) is -0.420. The molecule has 0 saturated heterocycles. The van der Waals surface area contributed by atoms with Crippen molar-refractivity contribution in [3.05, 3.63) is 34.8 Å². The number of hydrogen-bond donors (Lipinski definition) is 1. The van der Waals surface area contributed by atoms with E-state index in [4.69, 9.17) is 21.8 Å². The van der Waals surface area contributed by atoms with Crippen molar-refractivity contribution in [1.29, 1.82) is 0 Å². The van der Waals surface area contributed by atoms with Gasteiger partial charge in [0.2, 0.25) is 0 Å². The third-order valence-corrected chi connectivity index (χ3v) is 2.72. The molecular weight excluding hydrogens is 217 g/mol. The third kappa shape index (κ3) is 1.85. The maximum Gasteiger partial charge on any atom is 0.169 e. The van der Waals surface area contributed by atoms with Gasteiger partial charge in [-0.1, -0.05) is 11.6 Å². The number of aryl methyl sites for hydroxylation is 1. The SMILES string of the molecule is NCCCc1c(Cl)cc(F)c2occc12. The zero-order chi connectivity index (χ0) is 10.8. The molecule has 0 radical (unpaired) electrons. The number of fused-ring (bicyclic) bond motifs is 1. The van der Waals surface area contributed by atoms with Crippen LogP contribution < -0.4 is 5.73 Å². The standard InChI is InChI=1S/C11H11ClFNO/c12-9-6-10(13)11-8(3-5-15-11)7(9)2-1-4-14/h3,5-6H,1-2,4,14H2. The Morgan fingerprint density at radius 2 is 2.27 bits per heavy atom. The molecule has 1 aromatic heterocycles. The minimum atomic E-state index is -0.420. The second-order valence-electron chi connectivity index (χ2n) is 3.37. The number of furan rings is 1. The Labute approximate surface area is 91.8 Å². The fourth-order valence-electron chi connectivity index (χ4n) is 1.66. The average molecular weight is 228 g/mol. The molecule has 2 rings (SSSR count). The van der Waals surface area contributed by atoms with E-state index >= 15 is 0 Å². The van der Waals surface area contributed by atoms with Crippen molar-refractivity contribution in [2.45, 2.75) is 12.8 Å². The normalized spacial score (nSPS) is 11.1. The Morgan fingerprint density at radius 3 is 3.00 bits per heavy atom. The minimum Gasteiger partial charge on any atom is -0.461 e. The Morgan fingerprint density at radius 1 is 1.47 bits per heavy atom. The molecule has 2 aromatic rings. The molecule has 0 fully saturated rings. The topological polar surface area (TPSA) is 39.2 Å². The van der Waals surface area contributed by atoms with Crippen LogP contribution in [-0.4, -0.2) is 6.54 Å². The predicted molar refractivity (Wildman–Crippen MR) is 58.6 cm³/mol. The van der Waals surface area contributed by atoms with Gasteiger partial charge in [0.1, 0.15) is 0 Å². The monoisotopic (exact) mass is 227 g/mol. The van der Waals surface area contributed by atoms with E-state index in [1.165, 1.54) is 12.3 Å². The summed E-state index contributed by atoms with van der Waals surface area (Å²) in [7, 11) is 0. The van der Waals surface area contributed by atoms with Gasteiger partial charge in [0, 0.05) is 10.4 Å². The molecular formula is C11H11ClFNO. The number of benzene rings is 1. The van der Waals surface area contributed by atoms with Crippen molar-refractivity contribution < 1.29 is 8.81 Å². The summed E-state index contributed by atoms with van der Waals surface area (Å²) in [6, 6.07) is 3.02. The van der Waals surface area contributed by atoms with E-state index in [0.29, 0.717) is 11.6 Å². The van der Waals surface area contributed by atoms with Crippen LogP contribution in [0, 0.1) is 5.82 Å². The van der Waals surface area contributed by atoms with Crippen LogP contribution in [0.2, 0.25) is 5.02 Å². The van der Waals surface area contributed by atoms with E-state index < -0.39 is 5.82 Å². The lowest BCUT2D eigenvalue weighted by atomic mass is 10.1. The summed E-state index contributed by atoms with van der Waals surface area (Å²) in [6.45, 7) is 0.590. The molecule has 15 heavy (non-hydrogen) atoms. The van der Waals surface area contributed by atoms with Gasteiger partial charge in [-0.05, 0) is 37.1 Å². The second kappa shape index (κ2) is 4.21. The van der Waals surface area contributed by atoms with Crippen LogP contribution in [0.5, 0.6) is 0 Å². The molecule has 2 nitrogen and oxygen atoms in total. The van der Waals surface area contributed by atoms with Crippen LogP contribution in [0.3, 0.4) is 0 Å². The van der Waals surface area contributed by atoms with Gasteiger partial charge in [0.25, 0.3) is 0 Å². The molecule has 2 N–H and O–H groups in total. The molecule has 1 heterocycles. The Bertz CT molecular complexity index is 481. The molecule has 0 spiro atoms. The van der Waals surface area contributed by atoms with Crippen molar-refractivity contribution in [1.82, 2.24) is 0 Å². The van der Waals surface area contributed by atoms with Gasteiger partial charge < -0.3 is 10.2 Å². The largest absolute Gasteiger partial charge is 0.461 e. The summed E-state index contributed by atoms with van der Waals surface area (Å²) in [6.07, 6.45) is 3.04. The van der Waals surface area contributed by atoms with Gasteiger partial charge in [-0.2, -0.15) is 0 Å². The second-order valence-corrected chi connectivity index (χ2v) is 3.78. The molecule has 0 aliphatic rings. The lowest BCUT2D eigenvalue weighted by Crippen LogP contribution is -2.01. The molecule has 0 unspecified atom stereocenters. The molecule has 0 amide bonds. The highest BCUT2D eigenvalue weighted by Crippen LogP contribution is 2.30. The Balaban J connectivity index is 2.55. The molecule has 0 bridgehead atoms. The predicted octanol–water partition coefficient (Wildman–Crippen LogP) is 3.12. The summed E-state index contributed by atoms with van der Waals surface area (Å²) in [5, 5.41) is 1.18. The highest BCUT2D eigenvalue weighted by atomic mass is 35.5. The van der Waals surface area contributed by atoms with Gasteiger partial charge >= 0.3 is 0 Å². The molecule has 0 saturated carbocycles. The first-order chi connectivity index (χ1) is 7.24. The van der Waals surface area contributed by atoms with Crippen molar-refractivity contribution in [2.24, 2.45) is 5.73 Å². The number of halogens is 2. The quantitative estimate of drug-likeness (QED) is 0.875. The first-order valence-electron chi connectivity index (χ1n) is 4.78. The zero-order valence-electron chi connectivity index (χ0n) is 8.09. The lowest BCUT2D eigenvalue weighted by Gasteiger charge is -2.05. The third-order valence-electron chi connectivity index (χ3n) is 2.38. The molecule has 0 aliphatic heterocycles.